The third-order valence-electron chi connectivity index (χ3n) is 31.6. The van der Waals surface area contributed by atoms with Gasteiger partial charge in [0.15, 0.2) is 0 Å². The first-order chi connectivity index (χ1) is 72.4. The lowest BCUT2D eigenvalue weighted by molar-refractivity contribution is 0.802. The van der Waals surface area contributed by atoms with Crippen molar-refractivity contribution in [1.29, 1.82) is 0 Å². The van der Waals surface area contributed by atoms with Crippen molar-refractivity contribution in [2.75, 3.05) is 19.6 Å². The monoisotopic (exact) mass is 1920 g/mol. The Morgan fingerprint density at radius 2 is 0.432 bits per heavy atom. The zero-order valence-corrected chi connectivity index (χ0v) is 82.2. The standard InChI is InChI=1S/2C69H42N2S2/c1-3-19-44(20-4-1)70(60-33-17-29-54-51-26-11-15-35-63(51)72-67(54)60)46-38-40-47-43(41-46)37-39-56-65-53-28-8-7-25-50(53)62(42-59(65)69(66(47)56)57-31-13-9-23-48(57)49-24-10-14-32-58(49)69)71(45-21-5-2-6-22-45)61-34-18-30-55-52-27-12-16-36-64(52)73-68(55)61;1-3-17-44(18-4-1)70(47-33-37-65-57(40-47)53-24-11-15-29-63(53)72-65)46-32-36-49-43(39-46)31-35-56-67-55-26-8-7-23-52(55)62(42-61(67)69(68(49)56)59-27-13-9-21-50(59)51-22-10-14-28-60(51)69)71(45-19-5-2-6-20-45)48-34-38-66-58(41-48)54-25-12-16-30-64(54)73-66/h2*1-42H. The summed E-state index contributed by atoms with van der Waals surface area (Å²) in [6.07, 6.45) is 0. The third-order valence-corrected chi connectivity index (χ3v) is 36.3. The van der Waals surface area contributed by atoms with Gasteiger partial charge in [-0.2, -0.15) is 0 Å². The Morgan fingerprint density at radius 1 is 0.144 bits per heavy atom. The number of rotatable bonds is 12. The number of fused-ring (bicyclic) bond motifs is 40. The van der Waals surface area contributed by atoms with Crippen LogP contribution in [-0.4, -0.2) is 0 Å². The third kappa shape index (κ3) is 12.0. The maximum atomic E-state index is 2.58. The lowest BCUT2D eigenvalue weighted by atomic mass is 9.69. The van der Waals surface area contributed by atoms with Gasteiger partial charge in [-0.1, -0.05) is 352 Å². The number of anilines is 12. The van der Waals surface area contributed by atoms with Gasteiger partial charge in [-0.25, -0.2) is 0 Å². The van der Waals surface area contributed by atoms with E-state index in [1.54, 1.807) is 0 Å². The summed E-state index contributed by atoms with van der Waals surface area (Å²) < 4.78 is 10.4. The van der Waals surface area contributed by atoms with E-state index < -0.39 is 10.8 Å². The van der Waals surface area contributed by atoms with E-state index in [0.29, 0.717) is 0 Å². The molecular weight excluding hydrogens is 1840 g/mol. The predicted molar refractivity (Wildman–Crippen MR) is 626 cm³/mol. The van der Waals surface area contributed by atoms with Crippen LogP contribution >= 0.6 is 45.3 Å². The number of hydrogen-bond acceptors (Lipinski definition) is 8. The number of nitrogens with zero attached hydrogens (tertiary/aromatic N) is 4. The Labute approximate surface area is 859 Å². The van der Waals surface area contributed by atoms with E-state index in [2.05, 4.69) is 529 Å². The molecule has 0 saturated heterocycles. The quantitative estimate of drug-likeness (QED) is 0.121. The molecular formula is C138H84N4S4. The SMILES string of the molecule is c1ccc(N(c2ccc3c4c(ccc3c2)-c2c(cc(N(c3ccccc3)c3ccc5sc6ccccc6c5c3)c3ccccc23)C42c3ccccc3-c3ccccc32)c2ccc3sc4ccccc4c3c2)cc1.c1ccc(N(c2ccc3c4c(ccc3c2)-c2c(cc(N(c3ccccc3)c3cccc5c3sc3ccccc35)c3ccccc23)C42c3ccccc3-c3ccccc32)c2cccc3c2sc2ccccc23)cc1. The predicted octanol–water partition coefficient (Wildman–Crippen LogP) is 40.0. The zero-order valence-electron chi connectivity index (χ0n) is 78.9. The molecule has 4 aliphatic rings. The van der Waals surface area contributed by atoms with E-state index in [1.165, 1.54) is 230 Å². The summed E-state index contributed by atoms with van der Waals surface area (Å²) in [5, 5.41) is 20.2. The van der Waals surface area contributed by atoms with Gasteiger partial charge in [0.25, 0.3) is 0 Å². The van der Waals surface area contributed by atoms with Gasteiger partial charge < -0.3 is 19.6 Å². The molecule has 0 atom stereocenters. The second kappa shape index (κ2) is 32.5. The largest absolute Gasteiger partial charge is 0.310 e. The van der Waals surface area contributed by atoms with Crippen LogP contribution in [0.2, 0.25) is 0 Å². The molecule has 0 saturated carbocycles. The molecule has 0 radical (unpaired) electrons. The molecule has 2 spiro atoms. The van der Waals surface area contributed by atoms with Crippen molar-refractivity contribution in [2.24, 2.45) is 0 Å². The Hall–Kier alpha value is -17.6. The molecule has 680 valence electrons. The summed E-state index contributed by atoms with van der Waals surface area (Å²) >= 11 is 7.49. The lowest BCUT2D eigenvalue weighted by Gasteiger charge is -2.34. The summed E-state index contributed by atoms with van der Waals surface area (Å²) in [6.45, 7) is 0. The van der Waals surface area contributed by atoms with Gasteiger partial charge >= 0.3 is 0 Å². The summed E-state index contributed by atoms with van der Waals surface area (Å²) in [5.74, 6) is 0. The maximum absolute atomic E-state index is 2.58. The number of benzene rings is 24. The van der Waals surface area contributed by atoms with Crippen LogP contribution in [0.4, 0.5) is 68.2 Å². The molecule has 0 bridgehead atoms. The van der Waals surface area contributed by atoms with Crippen LogP contribution in [-0.2, 0) is 10.8 Å². The summed E-state index contributed by atoms with van der Waals surface area (Å²) in [4.78, 5) is 9.95. The first-order valence-electron chi connectivity index (χ1n) is 50.1. The van der Waals surface area contributed by atoms with Gasteiger partial charge in [-0.15, -0.1) is 45.3 Å². The first-order valence-corrected chi connectivity index (χ1v) is 53.4. The van der Waals surface area contributed by atoms with Crippen LogP contribution in [0.1, 0.15) is 44.5 Å². The number of thiophene rings is 4. The molecule has 4 heterocycles. The van der Waals surface area contributed by atoms with Gasteiger partial charge in [0, 0.05) is 128 Å². The fraction of sp³-hybridized carbons (Fsp3) is 0.0145. The van der Waals surface area contributed by atoms with Gasteiger partial charge in [-0.3, -0.25) is 0 Å². The smallest absolute Gasteiger partial charge is 0.0732 e. The van der Waals surface area contributed by atoms with Crippen LogP contribution < -0.4 is 19.6 Å². The molecule has 4 nitrogen and oxygen atoms in total. The molecule has 32 rings (SSSR count). The molecule has 0 unspecified atom stereocenters. The van der Waals surface area contributed by atoms with Crippen molar-refractivity contribution in [2.45, 2.75) is 10.8 Å². The van der Waals surface area contributed by atoms with Crippen LogP contribution in [0.15, 0.2) is 510 Å². The van der Waals surface area contributed by atoms with Crippen LogP contribution in [0.5, 0.6) is 0 Å². The van der Waals surface area contributed by atoms with Crippen molar-refractivity contribution in [3.63, 3.8) is 0 Å². The minimum absolute atomic E-state index is 0.613. The normalized spacial score (nSPS) is 13.0. The average molecular weight is 1930 g/mol. The van der Waals surface area contributed by atoms with Crippen molar-refractivity contribution in [1.82, 2.24) is 0 Å². The van der Waals surface area contributed by atoms with Gasteiger partial charge in [-0.05, 0) is 279 Å². The van der Waals surface area contributed by atoms with Crippen LogP contribution in [0, 0.1) is 0 Å². The van der Waals surface area contributed by atoms with Gasteiger partial charge in [0.05, 0.1) is 43.0 Å². The van der Waals surface area contributed by atoms with E-state index in [1.807, 2.05) is 45.3 Å². The molecule has 0 aliphatic heterocycles. The van der Waals surface area contributed by atoms with Crippen molar-refractivity contribution >= 4 is 237 Å². The molecule has 4 aromatic heterocycles. The summed E-state index contributed by atoms with van der Waals surface area (Å²) in [7, 11) is 0. The molecule has 0 N–H and O–H groups in total. The van der Waals surface area contributed by atoms with Gasteiger partial charge in [0.1, 0.15) is 0 Å². The minimum Gasteiger partial charge on any atom is -0.310 e. The van der Waals surface area contributed by atoms with Crippen LogP contribution in [0.25, 0.3) is 168 Å². The van der Waals surface area contributed by atoms with E-state index in [9.17, 15) is 0 Å². The van der Waals surface area contributed by atoms with E-state index >= 15 is 0 Å². The fourth-order valence-corrected chi connectivity index (χ4v) is 30.4. The van der Waals surface area contributed by atoms with Crippen molar-refractivity contribution in [3.05, 3.63) is 554 Å². The maximum Gasteiger partial charge on any atom is 0.0732 e. The molecule has 146 heavy (non-hydrogen) atoms. The Kier molecular flexibility index (Phi) is 18.5. The highest BCUT2D eigenvalue weighted by Crippen LogP contribution is 2.70. The Morgan fingerprint density at radius 3 is 0.849 bits per heavy atom. The molecule has 4 aliphatic carbocycles. The number of para-hydroxylation sites is 4. The van der Waals surface area contributed by atoms with Gasteiger partial charge in [0.2, 0.25) is 0 Å². The first kappa shape index (κ1) is 83.1. The second-order valence-electron chi connectivity index (χ2n) is 38.9. The zero-order chi connectivity index (χ0) is 95.6. The highest BCUT2D eigenvalue weighted by Gasteiger charge is 2.56. The minimum atomic E-state index is -0.620. The van der Waals surface area contributed by atoms with Crippen molar-refractivity contribution < 1.29 is 0 Å². The van der Waals surface area contributed by atoms with E-state index in [-0.39, 0.29) is 0 Å². The number of hydrogen-bond donors (Lipinski definition) is 0. The fourth-order valence-electron chi connectivity index (χ4n) is 25.8. The summed E-state index contributed by atoms with van der Waals surface area (Å²) in [5.41, 5.74) is 33.5. The Balaban J connectivity index is 0.000000133. The molecule has 0 amide bonds. The molecule has 8 heteroatoms. The van der Waals surface area contributed by atoms with E-state index in [0.717, 1.165) is 51.2 Å². The highest BCUT2D eigenvalue weighted by molar-refractivity contribution is 7.27. The average Bonchev–Trinajstić information content (AvgIpc) is 1.49. The Bertz CT molecular complexity index is 10300. The lowest BCUT2D eigenvalue weighted by Crippen LogP contribution is -2.26. The van der Waals surface area contributed by atoms with E-state index in [4.69, 9.17) is 0 Å². The van der Waals surface area contributed by atoms with Crippen molar-refractivity contribution in [3.8, 4) is 44.5 Å². The highest BCUT2D eigenvalue weighted by atomic mass is 32.1. The summed E-state index contributed by atoms with van der Waals surface area (Å²) in [6, 6.07) is 191. The topological polar surface area (TPSA) is 13.0 Å². The molecule has 28 aromatic rings. The second-order valence-corrected chi connectivity index (χ2v) is 43.2. The van der Waals surface area contributed by atoms with Crippen LogP contribution in [0.3, 0.4) is 0 Å². The molecule has 0 fully saturated rings. The molecule has 24 aromatic carbocycles.